The Hall–Kier alpha value is -1.01. The number of nitrogens with zero attached hydrogens (tertiary/aromatic N) is 1. The van der Waals surface area contributed by atoms with Crippen molar-refractivity contribution >= 4 is 5.97 Å². The SMILES string of the molecule is CC#CCCN1CCCC1C(=O)O. The topological polar surface area (TPSA) is 40.5 Å². The summed E-state index contributed by atoms with van der Waals surface area (Å²) in [6.07, 6.45) is 2.56. The fourth-order valence-electron chi connectivity index (χ4n) is 1.70. The minimum Gasteiger partial charge on any atom is -0.480 e. The number of rotatable bonds is 3. The Balaban J connectivity index is 2.38. The molecule has 0 bridgehead atoms. The maximum absolute atomic E-state index is 10.8. The first-order valence-electron chi connectivity index (χ1n) is 4.62. The third kappa shape index (κ3) is 2.74. The molecule has 13 heavy (non-hydrogen) atoms. The Bertz CT molecular complexity index is 239. The van der Waals surface area contributed by atoms with Crippen LogP contribution in [-0.2, 0) is 4.79 Å². The van der Waals surface area contributed by atoms with Crippen LogP contribution < -0.4 is 0 Å². The van der Waals surface area contributed by atoms with Gasteiger partial charge in [-0.1, -0.05) is 0 Å². The summed E-state index contributed by atoms with van der Waals surface area (Å²) >= 11 is 0. The van der Waals surface area contributed by atoms with E-state index in [0.29, 0.717) is 0 Å². The molecular formula is C10H15NO2. The largest absolute Gasteiger partial charge is 0.480 e. The highest BCUT2D eigenvalue weighted by molar-refractivity contribution is 5.73. The van der Waals surface area contributed by atoms with E-state index in [9.17, 15) is 4.79 Å². The van der Waals surface area contributed by atoms with Crippen LogP contribution >= 0.6 is 0 Å². The number of hydrogen-bond donors (Lipinski definition) is 1. The molecule has 3 nitrogen and oxygen atoms in total. The van der Waals surface area contributed by atoms with Gasteiger partial charge in [0.1, 0.15) is 6.04 Å². The molecule has 0 saturated carbocycles. The molecule has 0 aromatic carbocycles. The highest BCUT2D eigenvalue weighted by Crippen LogP contribution is 2.16. The zero-order chi connectivity index (χ0) is 9.68. The van der Waals surface area contributed by atoms with Crippen LogP contribution in [0, 0.1) is 11.8 Å². The van der Waals surface area contributed by atoms with Crippen molar-refractivity contribution in [1.82, 2.24) is 4.90 Å². The van der Waals surface area contributed by atoms with E-state index in [0.717, 1.165) is 32.4 Å². The van der Waals surface area contributed by atoms with Crippen molar-refractivity contribution in [2.24, 2.45) is 0 Å². The van der Waals surface area contributed by atoms with Crippen molar-refractivity contribution in [2.45, 2.75) is 32.2 Å². The summed E-state index contributed by atoms with van der Waals surface area (Å²) in [5.74, 6) is 5.07. The van der Waals surface area contributed by atoms with Gasteiger partial charge in [0.2, 0.25) is 0 Å². The molecule has 1 atom stereocenters. The van der Waals surface area contributed by atoms with Gasteiger partial charge in [-0.3, -0.25) is 9.69 Å². The second kappa shape index (κ2) is 4.88. The maximum atomic E-state index is 10.8. The third-order valence-corrected chi connectivity index (χ3v) is 2.35. The lowest BCUT2D eigenvalue weighted by Crippen LogP contribution is -2.36. The van der Waals surface area contributed by atoms with Crippen LogP contribution in [0.2, 0.25) is 0 Å². The van der Waals surface area contributed by atoms with Crippen molar-refractivity contribution < 1.29 is 9.90 Å². The van der Waals surface area contributed by atoms with Crippen molar-refractivity contribution in [3.05, 3.63) is 0 Å². The Kier molecular flexibility index (Phi) is 3.78. The summed E-state index contributed by atoms with van der Waals surface area (Å²) in [5.41, 5.74) is 0. The summed E-state index contributed by atoms with van der Waals surface area (Å²) in [4.78, 5) is 12.8. The van der Waals surface area contributed by atoms with E-state index in [4.69, 9.17) is 5.11 Å². The summed E-state index contributed by atoms with van der Waals surface area (Å²) in [5, 5.41) is 8.86. The zero-order valence-corrected chi connectivity index (χ0v) is 7.92. The standard InChI is InChI=1S/C10H15NO2/c1-2-3-4-7-11-8-5-6-9(11)10(12)13/h9H,4-8H2,1H3,(H,12,13). The van der Waals surface area contributed by atoms with Crippen LogP contribution in [0.3, 0.4) is 0 Å². The van der Waals surface area contributed by atoms with Gasteiger partial charge in [0, 0.05) is 13.0 Å². The molecule has 72 valence electrons. The molecule has 1 N–H and O–H groups in total. The van der Waals surface area contributed by atoms with Crippen LogP contribution in [0.25, 0.3) is 0 Å². The van der Waals surface area contributed by atoms with Gasteiger partial charge >= 0.3 is 5.97 Å². The van der Waals surface area contributed by atoms with Gasteiger partial charge in [-0.15, -0.1) is 11.8 Å². The molecule has 1 aliphatic rings. The number of hydrogen-bond acceptors (Lipinski definition) is 2. The lowest BCUT2D eigenvalue weighted by molar-refractivity contribution is -0.142. The molecule has 0 amide bonds. The number of carbonyl (C=O) groups is 1. The first-order chi connectivity index (χ1) is 6.25. The average Bonchev–Trinajstić information content (AvgIpc) is 2.53. The molecule has 3 heteroatoms. The fraction of sp³-hybridized carbons (Fsp3) is 0.700. The minimum absolute atomic E-state index is 0.265. The molecule has 0 aliphatic carbocycles. The van der Waals surface area contributed by atoms with E-state index in [1.165, 1.54) is 0 Å². The van der Waals surface area contributed by atoms with Crippen LogP contribution in [0.4, 0.5) is 0 Å². The normalized spacial score (nSPS) is 22.4. The molecule has 1 rings (SSSR count). The smallest absolute Gasteiger partial charge is 0.320 e. The van der Waals surface area contributed by atoms with Crippen molar-refractivity contribution in [3.63, 3.8) is 0 Å². The monoisotopic (exact) mass is 181 g/mol. The summed E-state index contributed by atoms with van der Waals surface area (Å²) in [6, 6.07) is -0.265. The average molecular weight is 181 g/mol. The predicted octanol–water partition coefficient (Wildman–Crippen LogP) is 0.949. The van der Waals surface area contributed by atoms with Gasteiger partial charge in [0.15, 0.2) is 0 Å². The highest BCUT2D eigenvalue weighted by atomic mass is 16.4. The van der Waals surface area contributed by atoms with E-state index in [-0.39, 0.29) is 6.04 Å². The van der Waals surface area contributed by atoms with Crippen LogP contribution in [-0.4, -0.2) is 35.1 Å². The first-order valence-corrected chi connectivity index (χ1v) is 4.62. The van der Waals surface area contributed by atoms with E-state index < -0.39 is 5.97 Å². The quantitative estimate of drug-likeness (QED) is 0.659. The van der Waals surface area contributed by atoms with Gasteiger partial charge < -0.3 is 5.11 Å². The highest BCUT2D eigenvalue weighted by Gasteiger charge is 2.29. The fourth-order valence-corrected chi connectivity index (χ4v) is 1.70. The summed E-state index contributed by atoms with van der Waals surface area (Å²) in [6.45, 7) is 3.50. The molecule has 1 fully saturated rings. The van der Waals surface area contributed by atoms with E-state index >= 15 is 0 Å². The number of aliphatic carboxylic acids is 1. The second-order valence-corrected chi connectivity index (χ2v) is 3.21. The van der Waals surface area contributed by atoms with Gasteiger partial charge in [0.05, 0.1) is 0 Å². The molecule has 1 saturated heterocycles. The number of likely N-dealkylation sites (tertiary alicyclic amines) is 1. The number of carboxylic acid groups (broad SMARTS) is 1. The van der Waals surface area contributed by atoms with Crippen LogP contribution in [0.15, 0.2) is 0 Å². The van der Waals surface area contributed by atoms with Crippen molar-refractivity contribution in [1.29, 1.82) is 0 Å². The Morgan fingerprint density at radius 1 is 1.69 bits per heavy atom. The molecule has 0 aromatic heterocycles. The van der Waals surface area contributed by atoms with Gasteiger partial charge in [-0.25, -0.2) is 0 Å². The van der Waals surface area contributed by atoms with Crippen LogP contribution in [0.1, 0.15) is 26.2 Å². The first kappa shape index (κ1) is 10.1. The molecule has 0 aromatic rings. The van der Waals surface area contributed by atoms with Crippen molar-refractivity contribution in [2.75, 3.05) is 13.1 Å². The van der Waals surface area contributed by atoms with Crippen molar-refractivity contribution in [3.8, 4) is 11.8 Å². The lowest BCUT2D eigenvalue weighted by Gasteiger charge is -2.19. The summed E-state index contributed by atoms with van der Waals surface area (Å²) in [7, 11) is 0. The molecule has 0 spiro atoms. The third-order valence-electron chi connectivity index (χ3n) is 2.35. The second-order valence-electron chi connectivity index (χ2n) is 3.21. The predicted molar refractivity (Wildman–Crippen MR) is 50.3 cm³/mol. The molecule has 0 radical (unpaired) electrons. The lowest BCUT2D eigenvalue weighted by atomic mass is 10.2. The van der Waals surface area contributed by atoms with E-state index in [2.05, 4.69) is 11.8 Å². The Morgan fingerprint density at radius 3 is 3.08 bits per heavy atom. The van der Waals surface area contributed by atoms with Gasteiger partial charge in [0.25, 0.3) is 0 Å². The van der Waals surface area contributed by atoms with Crippen LogP contribution in [0.5, 0.6) is 0 Å². The van der Waals surface area contributed by atoms with E-state index in [1.54, 1.807) is 6.92 Å². The molecule has 1 aliphatic heterocycles. The molecular weight excluding hydrogens is 166 g/mol. The Labute approximate surface area is 78.7 Å². The molecule has 1 unspecified atom stereocenters. The minimum atomic E-state index is -0.693. The van der Waals surface area contributed by atoms with Gasteiger partial charge in [-0.2, -0.15) is 0 Å². The zero-order valence-electron chi connectivity index (χ0n) is 7.92. The Morgan fingerprint density at radius 2 is 2.46 bits per heavy atom. The number of carboxylic acids is 1. The van der Waals surface area contributed by atoms with Gasteiger partial charge in [-0.05, 0) is 26.3 Å². The summed E-state index contributed by atoms with van der Waals surface area (Å²) < 4.78 is 0. The molecule has 1 heterocycles. The van der Waals surface area contributed by atoms with E-state index in [1.807, 2.05) is 4.90 Å². The maximum Gasteiger partial charge on any atom is 0.320 e.